The minimum atomic E-state index is 0.124. The summed E-state index contributed by atoms with van der Waals surface area (Å²) in [4.78, 5) is 12.4. The van der Waals surface area contributed by atoms with Gasteiger partial charge in [0.05, 0.1) is 24.8 Å². The number of rotatable bonds is 6. The summed E-state index contributed by atoms with van der Waals surface area (Å²) in [5.41, 5.74) is 1.24. The summed E-state index contributed by atoms with van der Waals surface area (Å²) < 4.78 is 5.99. The summed E-state index contributed by atoms with van der Waals surface area (Å²) in [5, 5.41) is 7.57. The van der Waals surface area contributed by atoms with Gasteiger partial charge in [-0.25, -0.2) is 0 Å². The third kappa shape index (κ3) is 4.26. The van der Waals surface area contributed by atoms with Gasteiger partial charge in [0, 0.05) is 17.0 Å². The topological polar surface area (TPSA) is 50.4 Å². The van der Waals surface area contributed by atoms with E-state index in [9.17, 15) is 4.79 Å². The molecule has 5 heteroatoms. The molecule has 2 saturated carbocycles. The van der Waals surface area contributed by atoms with Gasteiger partial charge >= 0.3 is 0 Å². The number of benzene rings is 1. The molecule has 142 valence electrons. The van der Waals surface area contributed by atoms with Crippen molar-refractivity contribution in [2.45, 2.75) is 69.2 Å². The molecule has 3 fully saturated rings. The Morgan fingerprint density at radius 2 is 2.00 bits per heavy atom. The third-order valence-corrected chi connectivity index (χ3v) is 7.53. The first-order chi connectivity index (χ1) is 12.7. The predicted octanol–water partition coefficient (Wildman–Crippen LogP) is 3.32. The van der Waals surface area contributed by atoms with Crippen LogP contribution in [0.25, 0.3) is 0 Å². The summed E-state index contributed by atoms with van der Waals surface area (Å²) >= 11 is 1.98. The highest BCUT2D eigenvalue weighted by Gasteiger charge is 2.41. The Morgan fingerprint density at radius 1 is 1.19 bits per heavy atom. The lowest BCUT2D eigenvalue weighted by Gasteiger charge is -2.44. The highest BCUT2D eigenvalue weighted by molar-refractivity contribution is 8.00. The molecule has 4 rings (SSSR count). The van der Waals surface area contributed by atoms with Crippen LogP contribution in [0.5, 0.6) is 0 Å². The smallest absolute Gasteiger partial charge is 0.225 e. The van der Waals surface area contributed by atoms with Gasteiger partial charge in [-0.1, -0.05) is 43.7 Å². The van der Waals surface area contributed by atoms with E-state index in [1.807, 2.05) is 17.8 Å². The molecule has 26 heavy (non-hydrogen) atoms. The van der Waals surface area contributed by atoms with Crippen LogP contribution in [-0.4, -0.2) is 35.2 Å². The Kier molecular flexibility index (Phi) is 5.87. The number of carbonyl (C=O) groups is 1. The van der Waals surface area contributed by atoms with E-state index in [2.05, 4.69) is 41.8 Å². The summed E-state index contributed by atoms with van der Waals surface area (Å²) in [6.45, 7) is 3.00. The zero-order valence-corrected chi connectivity index (χ0v) is 16.3. The first-order valence-corrected chi connectivity index (χ1v) is 11.1. The summed E-state index contributed by atoms with van der Waals surface area (Å²) in [6.07, 6.45) is 6.23. The minimum Gasteiger partial charge on any atom is -0.373 e. The SMILES string of the molecule is CC1CCCC2C(=O)NC(CSC3CC(OCc4ccccc4)C3)NC12. The molecule has 1 aromatic carbocycles. The Labute approximate surface area is 160 Å². The molecule has 1 saturated heterocycles. The van der Waals surface area contributed by atoms with E-state index >= 15 is 0 Å². The van der Waals surface area contributed by atoms with Crippen LogP contribution in [0.2, 0.25) is 0 Å². The molecule has 0 bridgehead atoms. The Morgan fingerprint density at radius 3 is 2.81 bits per heavy atom. The number of hydrogen-bond acceptors (Lipinski definition) is 4. The maximum atomic E-state index is 12.4. The first-order valence-electron chi connectivity index (χ1n) is 10.0. The number of amides is 1. The Bertz CT molecular complexity index is 605. The van der Waals surface area contributed by atoms with Crippen LogP contribution in [0.3, 0.4) is 0 Å². The van der Waals surface area contributed by atoms with Crippen LogP contribution < -0.4 is 10.6 Å². The molecule has 4 atom stereocenters. The number of ether oxygens (including phenoxy) is 1. The van der Waals surface area contributed by atoms with Crippen molar-refractivity contribution in [2.75, 3.05) is 5.75 Å². The van der Waals surface area contributed by atoms with Crippen LogP contribution in [0.1, 0.15) is 44.6 Å². The van der Waals surface area contributed by atoms with Crippen LogP contribution in [0.15, 0.2) is 30.3 Å². The van der Waals surface area contributed by atoms with Gasteiger partial charge in [-0.3, -0.25) is 10.1 Å². The summed E-state index contributed by atoms with van der Waals surface area (Å²) in [6, 6.07) is 10.7. The van der Waals surface area contributed by atoms with Gasteiger partial charge in [0.25, 0.3) is 0 Å². The number of hydrogen-bond donors (Lipinski definition) is 2. The van der Waals surface area contributed by atoms with E-state index in [4.69, 9.17) is 4.74 Å². The third-order valence-electron chi connectivity index (χ3n) is 6.15. The zero-order valence-electron chi connectivity index (χ0n) is 15.5. The van der Waals surface area contributed by atoms with Crippen molar-refractivity contribution in [1.29, 1.82) is 0 Å². The fourth-order valence-corrected chi connectivity index (χ4v) is 5.79. The molecule has 1 aromatic rings. The highest BCUT2D eigenvalue weighted by atomic mass is 32.2. The van der Waals surface area contributed by atoms with Gasteiger partial charge in [-0.05, 0) is 37.2 Å². The van der Waals surface area contributed by atoms with E-state index in [1.54, 1.807) is 0 Å². The van der Waals surface area contributed by atoms with Crippen molar-refractivity contribution in [1.82, 2.24) is 10.6 Å². The monoisotopic (exact) mass is 374 g/mol. The predicted molar refractivity (Wildman–Crippen MR) is 106 cm³/mol. The number of fused-ring (bicyclic) bond motifs is 1. The number of thioether (sulfide) groups is 1. The molecule has 0 spiro atoms. The second-order valence-electron chi connectivity index (χ2n) is 8.11. The second kappa shape index (κ2) is 8.32. The molecule has 1 aliphatic heterocycles. The summed E-state index contributed by atoms with van der Waals surface area (Å²) in [7, 11) is 0. The average molecular weight is 375 g/mol. The Balaban J connectivity index is 1.16. The van der Waals surface area contributed by atoms with E-state index in [0.717, 1.165) is 25.0 Å². The van der Waals surface area contributed by atoms with E-state index in [-0.39, 0.29) is 18.0 Å². The molecule has 3 aliphatic rings. The largest absolute Gasteiger partial charge is 0.373 e. The van der Waals surface area contributed by atoms with Crippen molar-refractivity contribution in [3.63, 3.8) is 0 Å². The molecule has 1 heterocycles. The maximum absolute atomic E-state index is 12.4. The first kappa shape index (κ1) is 18.3. The molecule has 2 N–H and O–H groups in total. The average Bonchev–Trinajstić information content (AvgIpc) is 2.62. The van der Waals surface area contributed by atoms with Crippen LogP contribution in [-0.2, 0) is 16.1 Å². The lowest BCUT2D eigenvalue weighted by atomic mass is 9.76. The van der Waals surface area contributed by atoms with Crippen LogP contribution >= 0.6 is 11.8 Å². The minimum absolute atomic E-state index is 0.124. The lowest BCUT2D eigenvalue weighted by Crippen LogP contribution is -2.65. The van der Waals surface area contributed by atoms with Crippen LogP contribution in [0.4, 0.5) is 0 Å². The van der Waals surface area contributed by atoms with Gasteiger partial charge in [-0.15, -0.1) is 0 Å². The van der Waals surface area contributed by atoms with Gasteiger partial charge in [-0.2, -0.15) is 11.8 Å². The quantitative estimate of drug-likeness (QED) is 0.802. The van der Waals surface area contributed by atoms with Gasteiger partial charge in [0.2, 0.25) is 5.91 Å². The van der Waals surface area contributed by atoms with E-state index in [0.29, 0.717) is 29.9 Å². The molecule has 2 aliphatic carbocycles. The van der Waals surface area contributed by atoms with E-state index < -0.39 is 0 Å². The van der Waals surface area contributed by atoms with Gasteiger partial charge in [0.1, 0.15) is 0 Å². The van der Waals surface area contributed by atoms with Crippen molar-refractivity contribution < 1.29 is 9.53 Å². The normalized spacial score (nSPS) is 36.7. The van der Waals surface area contributed by atoms with Gasteiger partial charge in [0.15, 0.2) is 0 Å². The fraction of sp³-hybridized carbons (Fsp3) is 0.667. The fourth-order valence-electron chi connectivity index (χ4n) is 4.44. The molecule has 0 aromatic heterocycles. The Hall–Kier alpha value is -1.04. The van der Waals surface area contributed by atoms with Crippen molar-refractivity contribution in [2.24, 2.45) is 11.8 Å². The van der Waals surface area contributed by atoms with Crippen LogP contribution in [0, 0.1) is 11.8 Å². The van der Waals surface area contributed by atoms with Gasteiger partial charge < -0.3 is 10.1 Å². The molecular weight excluding hydrogens is 344 g/mol. The number of carbonyl (C=O) groups excluding carboxylic acids is 1. The standard InChI is InChI=1S/C21H30N2O2S/c1-14-6-5-9-18-20(14)22-19(23-21(18)24)13-26-17-10-16(11-17)25-12-15-7-3-2-4-8-15/h2-4,7-8,14,16-20,22H,5-6,9-13H2,1H3,(H,23,24). The van der Waals surface area contributed by atoms with Crippen molar-refractivity contribution >= 4 is 17.7 Å². The number of nitrogens with one attached hydrogen (secondary N) is 2. The molecule has 0 radical (unpaired) electrons. The molecule has 4 unspecified atom stereocenters. The summed E-state index contributed by atoms with van der Waals surface area (Å²) in [5.74, 6) is 2.01. The van der Waals surface area contributed by atoms with Crippen molar-refractivity contribution in [3.05, 3.63) is 35.9 Å². The van der Waals surface area contributed by atoms with E-state index in [1.165, 1.54) is 18.4 Å². The molecule has 1 amide bonds. The van der Waals surface area contributed by atoms with Crippen molar-refractivity contribution in [3.8, 4) is 0 Å². The second-order valence-corrected chi connectivity index (χ2v) is 9.45. The maximum Gasteiger partial charge on any atom is 0.225 e. The highest BCUT2D eigenvalue weighted by Crippen LogP contribution is 2.36. The molecular formula is C21H30N2O2S. The molecule has 4 nitrogen and oxygen atoms in total. The zero-order chi connectivity index (χ0) is 17.9. The lowest BCUT2D eigenvalue weighted by molar-refractivity contribution is -0.131.